The molecule has 0 radical (unpaired) electrons. The minimum Gasteiger partial charge on any atom is -0.497 e. The van der Waals surface area contributed by atoms with Gasteiger partial charge in [0.1, 0.15) is 11.6 Å². The summed E-state index contributed by atoms with van der Waals surface area (Å²) in [5.41, 5.74) is 3.30. The fourth-order valence-corrected chi connectivity index (χ4v) is 2.94. The minimum atomic E-state index is -0.142. The number of hydrogen-bond acceptors (Lipinski definition) is 3. The highest BCUT2D eigenvalue weighted by Gasteiger charge is 2.11. The Kier molecular flexibility index (Phi) is 5.69. The van der Waals surface area contributed by atoms with Crippen LogP contribution >= 0.6 is 0 Å². The molecule has 1 heterocycles. The molecule has 0 aliphatic rings. The molecule has 0 atom stereocenters. The first kappa shape index (κ1) is 17.7. The number of nitrogens with zero attached hydrogens (tertiary/aromatic N) is 2. The monoisotopic (exact) mass is 349 g/mol. The van der Waals surface area contributed by atoms with Crippen molar-refractivity contribution in [3.05, 3.63) is 72.6 Å². The molecular weight excluding hydrogens is 326 g/mol. The molecule has 5 heteroatoms. The van der Waals surface area contributed by atoms with Crippen molar-refractivity contribution >= 4 is 16.9 Å². The predicted molar refractivity (Wildman–Crippen MR) is 103 cm³/mol. The summed E-state index contributed by atoms with van der Waals surface area (Å²) in [6, 6.07) is 16.2. The Morgan fingerprint density at radius 3 is 2.73 bits per heavy atom. The second kappa shape index (κ2) is 8.34. The molecule has 0 saturated carbocycles. The van der Waals surface area contributed by atoms with Gasteiger partial charge in [0, 0.05) is 19.5 Å². The summed E-state index contributed by atoms with van der Waals surface area (Å²) in [6.07, 6.45) is 2.91. The minimum absolute atomic E-state index is 0.142. The van der Waals surface area contributed by atoms with Gasteiger partial charge in [-0.2, -0.15) is 0 Å². The maximum Gasteiger partial charge on any atom is 0.243 e. The standard InChI is InChI=1S/C21H23N3O2/c1-3-21(25)22-14-6-9-20-23-18-7-4-5-8-19(18)24(20)15-16-10-12-17(26-2)13-11-16/h3-5,7-8,10-13H,1,6,9,14-15H2,2H3,(H,22,25). The number of nitrogens with one attached hydrogen (secondary N) is 1. The number of methoxy groups -OCH3 is 1. The van der Waals surface area contributed by atoms with E-state index in [4.69, 9.17) is 9.72 Å². The van der Waals surface area contributed by atoms with Crippen molar-refractivity contribution < 1.29 is 9.53 Å². The average molecular weight is 349 g/mol. The van der Waals surface area contributed by atoms with Crippen LogP contribution in [0.1, 0.15) is 17.8 Å². The topological polar surface area (TPSA) is 56.2 Å². The first-order valence-corrected chi connectivity index (χ1v) is 8.68. The van der Waals surface area contributed by atoms with Gasteiger partial charge < -0.3 is 14.6 Å². The summed E-state index contributed by atoms with van der Waals surface area (Å²) in [7, 11) is 1.67. The van der Waals surface area contributed by atoms with Crippen LogP contribution in [0.25, 0.3) is 11.0 Å². The van der Waals surface area contributed by atoms with E-state index >= 15 is 0 Å². The van der Waals surface area contributed by atoms with Gasteiger partial charge in [0.25, 0.3) is 0 Å². The number of amides is 1. The number of carbonyl (C=O) groups excluding carboxylic acids is 1. The van der Waals surface area contributed by atoms with Gasteiger partial charge in [-0.15, -0.1) is 0 Å². The number of imidazole rings is 1. The average Bonchev–Trinajstić information content (AvgIpc) is 3.03. The van der Waals surface area contributed by atoms with Crippen molar-refractivity contribution in [2.45, 2.75) is 19.4 Å². The summed E-state index contributed by atoms with van der Waals surface area (Å²) in [4.78, 5) is 16.0. The van der Waals surface area contributed by atoms with Gasteiger partial charge in [-0.05, 0) is 42.3 Å². The Morgan fingerprint density at radius 1 is 1.23 bits per heavy atom. The number of rotatable bonds is 8. The molecule has 0 aliphatic carbocycles. The van der Waals surface area contributed by atoms with Crippen LogP contribution in [-0.4, -0.2) is 29.1 Å². The van der Waals surface area contributed by atoms with Gasteiger partial charge in [0.2, 0.25) is 5.91 Å². The maximum atomic E-state index is 11.3. The van der Waals surface area contributed by atoms with E-state index in [0.29, 0.717) is 6.54 Å². The van der Waals surface area contributed by atoms with Crippen LogP contribution in [0.15, 0.2) is 61.2 Å². The van der Waals surface area contributed by atoms with Crippen molar-refractivity contribution in [3.8, 4) is 5.75 Å². The summed E-state index contributed by atoms with van der Waals surface area (Å²) in [6.45, 7) is 4.82. The zero-order chi connectivity index (χ0) is 18.4. The van der Waals surface area contributed by atoms with Crippen LogP contribution < -0.4 is 10.1 Å². The predicted octanol–water partition coefficient (Wildman–Crippen LogP) is 3.33. The smallest absolute Gasteiger partial charge is 0.243 e. The zero-order valence-corrected chi connectivity index (χ0v) is 14.9. The maximum absolute atomic E-state index is 11.3. The lowest BCUT2D eigenvalue weighted by Gasteiger charge is -2.10. The Morgan fingerprint density at radius 2 is 2.00 bits per heavy atom. The molecular formula is C21H23N3O2. The third kappa shape index (κ3) is 4.11. The molecule has 0 spiro atoms. The molecule has 0 aliphatic heterocycles. The number of ether oxygens (including phenoxy) is 1. The van der Waals surface area contributed by atoms with Crippen LogP contribution in [0.4, 0.5) is 0 Å². The molecule has 1 N–H and O–H groups in total. The molecule has 5 nitrogen and oxygen atoms in total. The summed E-state index contributed by atoms with van der Waals surface area (Å²) in [5, 5.41) is 2.81. The summed E-state index contributed by atoms with van der Waals surface area (Å²) < 4.78 is 7.47. The summed E-state index contributed by atoms with van der Waals surface area (Å²) >= 11 is 0. The molecule has 134 valence electrons. The van der Waals surface area contributed by atoms with Crippen molar-refractivity contribution in [2.24, 2.45) is 0 Å². The highest BCUT2D eigenvalue weighted by molar-refractivity contribution is 5.86. The van der Waals surface area contributed by atoms with E-state index in [2.05, 4.69) is 34.7 Å². The fraction of sp³-hybridized carbons (Fsp3) is 0.238. The largest absolute Gasteiger partial charge is 0.497 e. The van der Waals surface area contributed by atoms with E-state index in [1.165, 1.54) is 11.6 Å². The van der Waals surface area contributed by atoms with Crippen LogP contribution in [0.5, 0.6) is 5.75 Å². The number of carbonyl (C=O) groups is 1. The lowest BCUT2D eigenvalue weighted by atomic mass is 10.2. The van der Waals surface area contributed by atoms with Gasteiger partial charge in [-0.3, -0.25) is 4.79 Å². The highest BCUT2D eigenvalue weighted by atomic mass is 16.5. The molecule has 2 aromatic carbocycles. The molecule has 0 fully saturated rings. The first-order chi connectivity index (χ1) is 12.7. The third-order valence-electron chi connectivity index (χ3n) is 4.30. The number of fused-ring (bicyclic) bond motifs is 1. The molecule has 3 aromatic rings. The van der Waals surface area contributed by atoms with E-state index in [-0.39, 0.29) is 5.91 Å². The number of hydrogen-bond donors (Lipinski definition) is 1. The highest BCUT2D eigenvalue weighted by Crippen LogP contribution is 2.20. The number of para-hydroxylation sites is 2. The molecule has 0 unspecified atom stereocenters. The van der Waals surface area contributed by atoms with Crippen LogP contribution in [-0.2, 0) is 17.8 Å². The normalized spacial score (nSPS) is 10.7. The van der Waals surface area contributed by atoms with Crippen LogP contribution in [0, 0.1) is 0 Å². The van der Waals surface area contributed by atoms with E-state index in [1.807, 2.05) is 30.3 Å². The molecule has 3 rings (SSSR count). The number of aryl methyl sites for hydroxylation is 1. The molecule has 0 bridgehead atoms. The number of benzene rings is 2. The van der Waals surface area contributed by atoms with Crippen molar-refractivity contribution in [3.63, 3.8) is 0 Å². The lowest BCUT2D eigenvalue weighted by Crippen LogP contribution is -2.22. The van der Waals surface area contributed by atoms with Gasteiger partial charge in [0.05, 0.1) is 18.1 Å². The summed E-state index contributed by atoms with van der Waals surface area (Å²) in [5.74, 6) is 1.73. The second-order valence-corrected chi connectivity index (χ2v) is 6.05. The van der Waals surface area contributed by atoms with Gasteiger partial charge in [-0.1, -0.05) is 30.8 Å². The molecule has 1 aromatic heterocycles. The SMILES string of the molecule is C=CC(=O)NCCCc1nc2ccccc2n1Cc1ccc(OC)cc1. The second-order valence-electron chi connectivity index (χ2n) is 6.05. The first-order valence-electron chi connectivity index (χ1n) is 8.68. The van der Waals surface area contributed by atoms with Crippen LogP contribution in [0.2, 0.25) is 0 Å². The number of aromatic nitrogens is 2. The quantitative estimate of drug-likeness (QED) is 0.501. The van der Waals surface area contributed by atoms with Gasteiger partial charge in [0.15, 0.2) is 0 Å². The Labute approximate surface area is 153 Å². The van der Waals surface area contributed by atoms with E-state index in [0.717, 1.165) is 42.0 Å². The van der Waals surface area contributed by atoms with Crippen molar-refractivity contribution in [1.29, 1.82) is 0 Å². The van der Waals surface area contributed by atoms with Crippen molar-refractivity contribution in [2.75, 3.05) is 13.7 Å². The Bertz CT molecular complexity index is 897. The molecule has 1 amide bonds. The van der Waals surface area contributed by atoms with E-state index in [9.17, 15) is 4.79 Å². The zero-order valence-electron chi connectivity index (χ0n) is 14.9. The van der Waals surface area contributed by atoms with E-state index < -0.39 is 0 Å². The Balaban J connectivity index is 1.79. The lowest BCUT2D eigenvalue weighted by molar-refractivity contribution is -0.116. The molecule has 0 saturated heterocycles. The fourth-order valence-electron chi connectivity index (χ4n) is 2.94. The van der Waals surface area contributed by atoms with E-state index in [1.54, 1.807) is 7.11 Å². The Hall–Kier alpha value is -3.08. The van der Waals surface area contributed by atoms with Gasteiger partial charge >= 0.3 is 0 Å². The van der Waals surface area contributed by atoms with Gasteiger partial charge in [-0.25, -0.2) is 4.98 Å². The molecule has 26 heavy (non-hydrogen) atoms. The van der Waals surface area contributed by atoms with Crippen LogP contribution in [0.3, 0.4) is 0 Å². The van der Waals surface area contributed by atoms with Crippen molar-refractivity contribution in [1.82, 2.24) is 14.9 Å². The third-order valence-corrected chi connectivity index (χ3v) is 4.30.